The molecule has 1 aromatic heterocycles. The van der Waals surface area contributed by atoms with Gasteiger partial charge in [0.2, 0.25) is 0 Å². The van der Waals surface area contributed by atoms with Gasteiger partial charge in [-0.05, 0) is 87.9 Å². The second kappa shape index (κ2) is 9.21. The molecule has 1 fully saturated rings. The van der Waals surface area contributed by atoms with Crippen LogP contribution in [0.25, 0.3) is 0 Å². The van der Waals surface area contributed by atoms with Crippen molar-refractivity contribution < 1.29 is 14.7 Å². The van der Waals surface area contributed by atoms with E-state index in [0.717, 1.165) is 54.9 Å². The van der Waals surface area contributed by atoms with Crippen LogP contribution in [-0.4, -0.2) is 59.2 Å². The number of phenolic OH excluding ortho intramolecular Hbond substituents is 1. The smallest absolute Gasteiger partial charge is 0.326 e. The predicted molar refractivity (Wildman–Crippen MR) is 129 cm³/mol. The third-order valence-electron chi connectivity index (χ3n) is 7.67. The average molecular weight is 453 g/mol. The minimum atomic E-state index is -0.251. The normalized spacial score (nSPS) is 22.4. The Kier molecular flexibility index (Phi) is 6.52. The lowest BCUT2D eigenvalue weighted by Gasteiger charge is -2.51. The molecule has 7 nitrogen and oxygen atoms in total. The molecule has 0 saturated carbocycles. The molecule has 3 N–H and O–H groups in total. The zero-order valence-corrected chi connectivity index (χ0v) is 20.2. The molecule has 33 heavy (non-hydrogen) atoms. The number of rotatable bonds is 5. The largest absolute Gasteiger partial charge is 0.508 e. The van der Waals surface area contributed by atoms with Crippen LogP contribution in [0.5, 0.6) is 5.75 Å². The first kappa shape index (κ1) is 23.4. The number of benzene rings is 1. The van der Waals surface area contributed by atoms with E-state index in [9.17, 15) is 14.7 Å². The number of nitrogens with one attached hydrogen (secondary N) is 2. The molecule has 1 aromatic carbocycles. The quantitative estimate of drug-likeness (QED) is 0.650. The molecule has 2 heterocycles. The standard InChI is InChI=1S/C26H36N4O3/c1-5-27-24(32)23-17(4)21-14-19-16-29(7-3)12-11-26(19,18-9-8-10-20(31)13-18)15-22(21)30(23)25(33)28-6-2/h8-10,13,19,31H,5-7,11-12,14-16H2,1-4H3,(H,27,32)(H,28,33)/t19-,26+/m1/s1. The molecule has 2 amide bonds. The maximum atomic E-state index is 13.2. The van der Waals surface area contributed by atoms with E-state index < -0.39 is 0 Å². The van der Waals surface area contributed by atoms with Crippen molar-refractivity contribution in [1.29, 1.82) is 0 Å². The van der Waals surface area contributed by atoms with Crippen LogP contribution in [0.1, 0.15) is 60.1 Å². The summed E-state index contributed by atoms with van der Waals surface area (Å²) in [5, 5.41) is 16.1. The van der Waals surface area contributed by atoms with Gasteiger partial charge in [0.1, 0.15) is 11.4 Å². The van der Waals surface area contributed by atoms with Crippen LogP contribution in [-0.2, 0) is 18.3 Å². The monoisotopic (exact) mass is 452 g/mol. The van der Waals surface area contributed by atoms with Gasteiger partial charge < -0.3 is 20.6 Å². The number of hydrogen-bond donors (Lipinski definition) is 3. The fourth-order valence-corrected chi connectivity index (χ4v) is 5.99. The van der Waals surface area contributed by atoms with E-state index in [1.54, 1.807) is 10.6 Å². The number of fused-ring (bicyclic) bond motifs is 2. The van der Waals surface area contributed by atoms with Gasteiger partial charge in [0.05, 0.1) is 0 Å². The van der Waals surface area contributed by atoms with E-state index in [1.807, 2.05) is 32.9 Å². The summed E-state index contributed by atoms with van der Waals surface area (Å²) in [6.07, 6.45) is 2.43. The molecule has 0 bridgehead atoms. The van der Waals surface area contributed by atoms with Gasteiger partial charge in [-0.3, -0.25) is 9.36 Å². The lowest BCUT2D eigenvalue weighted by molar-refractivity contribution is 0.0841. The maximum Gasteiger partial charge on any atom is 0.326 e. The van der Waals surface area contributed by atoms with E-state index in [1.165, 1.54) is 0 Å². The number of likely N-dealkylation sites (tertiary alicyclic amines) is 1. The lowest BCUT2D eigenvalue weighted by atomic mass is 9.58. The first-order chi connectivity index (χ1) is 15.9. The summed E-state index contributed by atoms with van der Waals surface area (Å²) >= 11 is 0. The fourth-order valence-electron chi connectivity index (χ4n) is 5.99. The van der Waals surface area contributed by atoms with Gasteiger partial charge >= 0.3 is 6.03 Å². The highest BCUT2D eigenvalue weighted by Crippen LogP contribution is 2.49. The van der Waals surface area contributed by atoms with Crippen LogP contribution < -0.4 is 10.6 Å². The van der Waals surface area contributed by atoms with Crippen molar-refractivity contribution in [2.45, 2.75) is 52.4 Å². The van der Waals surface area contributed by atoms with Crippen molar-refractivity contribution in [2.24, 2.45) is 5.92 Å². The van der Waals surface area contributed by atoms with E-state index >= 15 is 0 Å². The van der Waals surface area contributed by atoms with Gasteiger partial charge in [0, 0.05) is 30.7 Å². The zero-order valence-electron chi connectivity index (χ0n) is 20.2. The fraction of sp³-hybridized carbons (Fsp3) is 0.538. The molecule has 0 radical (unpaired) electrons. The van der Waals surface area contributed by atoms with Gasteiger partial charge in [0.15, 0.2) is 0 Å². The van der Waals surface area contributed by atoms with Crippen molar-refractivity contribution in [1.82, 2.24) is 20.1 Å². The molecular weight excluding hydrogens is 416 g/mol. The highest BCUT2D eigenvalue weighted by Gasteiger charge is 2.49. The number of hydrogen-bond acceptors (Lipinski definition) is 4. The molecule has 0 spiro atoms. The minimum absolute atomic E-state index is 0.190. The van der Waals surface area contributed by atoms with Crippen LogP contribution >= 0.6 is 0 Å². The Morgan fingerprint density at radius 3 is 2.61 bits per heavy atom. The Hall–Kier alpha value is -2.80. The molecule has 2 aliphatic rings. The third-order valence-corrected chi connectivity index (χ3v) is 7.67. The summed E-state index contributed by atoms with van der Waals surface area (Å²) in [6.45, 7) is 11.9. The number of nitrogens with zero attached hydrogens (tertiary/aromatic N) is 2. The summed E-state index contributed by atoms with van der Waals surface area (Å²) in [7, 11) is 0. The van der Waals surface area contributed by atoms with Crippen LogP contribution in [0.3, 0.4) is 0 Å². The molecule has 178 valence electrons. The van der Waals surface area contributed by atoms with Crippen molar-refractivity contribution in [3.05, 3.63) is 52.3 Å². The van der Waals surface area contributed by atoms with Crippen LogP contribution in [0.15, 0.2) is 24.3 Å². The van der Waals surface area contributed by atoms with Crippen LogP contribution in [0.4, 0.5) is 4.79 Å². The summed E-state index contributed by atoms with van der Waals surface area (Å²) in [4.78, 5) is 28.8. The molecule has 1 saturated heterocycles. The van der Waals surface area contributed by atoms with Crippen LogP contribution in [0.2, 0.25) is 0 Å². The average Bonchev–Trinajstić information content (AvgIpc) is 3.08. The number of piperidine rings is 1. The number of amides is 2. The van der Waals surface area contributed by atoms with Gasteiger partial charge in [-0.25, -0.2) is 4.79 Å². The summed E-state index contributed by atoms with van der Waals surface area (Å²) in [5.41, 5.74) is 4.34. The Labute approximate surface area is 196 Å². The Bertz CT molecular complexity index is 1060. The summed E-state index contributed by atoms with van der Waals surface area (Å²) < 4.78 is 1.63. The number of carbonyl (C=O) groups is 2. The van der Waals surface area contributed by atoms with Crippen molar-refractivity contribution in [2.75, 3.05) is 32.7 Å². The zero-order chi connectivity index (χ0) is 23.8. The highest BCUT2D eigenvalue weighted by molar-refractivity contribution is 5.99. The first-order valence-electron chi connectivity index (χ1n) is 12.2. The Balaban J connectivity index is 1.90. The molecular formula is C26H36N4O3. The molecule has 4 rings (SSSR count). The first-order valence-corrected chi connectivity index (χ1v) is 12.2. The van der Waals surface area contributed by atoms with Crippen molar-refractivity contribution >= 4 is 11.9 Å². The molecule has 2 aromatic rings. The van der Waals surface area contributed by atoms with E-state index in [-0.39, 0.29) is 23.1 Å². The maximum absolute atomic E-state index is 13.2. The number of aromatic nitrogens is 1. The molecule has 1 aliphatic heterocycles. The SMILES string of the molecule is CCNC(=O)c1c(C)c2c(n1C(=O)NCC)C[C@]1(c3cccc(O)c3)CCN(CC)C[C@H]1C2. The predicted octanol–water partition coefficient (Wildman–Crippen LogP) is 3.21. The van der Waals surface area contributed by atoms with E-state index in [2.05, 4.69) is 28.5 Å². The van der Waals surface area contributed by atoms with Gasteiger partial charge in [-0.2, -0.15) is 0 Å². The van der Waals surface area contributed by atoms with Gasteiger partial charge in [-0.15, -0.1) is 0 Å². The van der Waals surface area contributed by atoms with Crippen LogP contribution in [0, 0.1) is 12.8 Å². The molecule has 2 atom stereocenters. The van der Waals surface area contributed by atoms with E-state index in [0.29, 0.717) is 31.1 Å². The Morgan fingerprint density at radius 2 is 1.94 bits per heavy atom. The second-order valence-corrected chi connectivity index (χ2v) is 9.36. The molecule has 7 heteroatoms. The van der Waals surface area contributed by atoms with Crippen molar-refractivity contribution in [3.63, 3.8) is 0 Å². The van der Waals surface area contributed by atoms with E-state index in [4.69, 9.17) is 0 Å². The minimum Gasteiger partial charge on any atom is -0.508 e. The summed E-state index contributed by atoms with van der Waals surface area (Å²) in [5.74, 6) is 0.397. The number of phenols is 1. The van der Waals surface area contributed by atoms with Crippen molar-refractivity contribution in [3.8, 4) is 5.75 Å². The number of aromatic hydroxyl groups is 1. The van der Waals surface area contributed by atoms with Gasteiger partial charge in [0.25, 0.3) is 5.91 Å². The topological polar surface area (TPSA) is 86.6 Å². The molecule has 1 aliphatic carbocycles. The second-order valence-electron chi connectivity index (χ2n) is 9.36. The third kappa shape index (κ3) is 3.92. The molecule has 0 unspecified atom stereocenters. The highest BCUT2D eigenvalue weighted by atomic mass is 16.3. The van der Waals surface area contributed by atoms with Gasteiger partial charge in [-0.1, -0.05) is 19.1 Å². The summed E-state index contributed by atoms with van der Waals surface area (Å²) in [6, 6.07) is 7.36. The Morgan fingerprint density at radius 1 is 1.18 bits per heavy atom. The number of carbonyl (C=O) groups excluding carboxylic acids is 2. The lowest BCUT2D eigenvalue weighted by Crippen LogP contribution is -2.54.